The van der Waals surface area contributed by atoms with E-state index in [2.05, 4.69) is 17.2 Å². The molecular formula is C16H24N2O4. The minimum absolute atomic E-state index is 0.159. The van der Waals surface area contributed by atoms with Crippen LogP contribution < -0.4 is 10.1 Å². The molecule has 22 heavy (non-hydrogen) atoms. The highest BCUT2D eigenvalue weighted by atomic mass is 16.5. The molecule has 0 bridgehead atoms. The average Bonchev–Trinajstić information content (AvgIpc) is 2.55. The first-order valence-electron chi connectivity index (χ1n) is 7.55. The molecule has 0 amide bonds. The predicted octanol–water partition coefficient (Wildman–Crippen LogP) is 2.23. The molecule has 2 rings (SSSR count). The molecule has 1 aliphatic carbocycles. The third kappa shape index (κ3) is 3.50. The third-order valence-electron chi connectivity index (χ3n) is 4.41. The van der Waals surface area contributed by atoms with Gasteiger partial charge in [-0.05, 0) is 25.0 Å². The number of nitrogens with zero attached hydrogens (tertiary/aromatic N) is 1. The molecule has 1 saturated carbocycles. The van der Waals surface area contributed by atoms with Gasteiger partial charge in [-0.3, -0.25) is 0 Å². The van der Waals surface area contributed by atoms with Crippen molar-refractivity contribution in [1.29, 1.82) is 0 Å². The van der Waals surface area contributed by atoms with Gasteiger partial charge >= 0.3 is 5.97 Å². The van der Waals surface area contributed by atoms with Crippen molar-refractivity contribution >= 4 is 11.8 Å². The fourth-order valence-corrected chi connectivity index (χ4v) is 2.84. The maximum atomic E-state index is 11.6. The zero-order valence-electron chi connectivity index (χ0n) is 13.4. The molecule has 0 spiro atoms. The van der Waals surface area contributed by atoms with Crippen molar-refractivity contribution in [2.75, 3.05) is 26.1 Å². The first kappa shape index (κ1) is 16.5. The molecule has 122 valence electrons. The topological polar surface area (TPSA) is 80.7 Å². The van der Waals surface area contributed by atoms with E-state index in [0.29, 0.717) is 17.9 Å². The van der Waals surface area contributed by atoms with Crippen LogP contribution in [0.1, 0.15) is 43.0 Å². The molecule has 2 N–H and O–H groups in total. The fraction of sp³-hybridized carbons (Fsp3) is 0.625. The van der Waals surface area contributed by atoms with Crippen LogP contribution in [0.15, 0.2) is 12.1 Å². The van der Waals surface area contributed by atoms with Crippen molar-refractivity contribution in [2.24, 2.45) is 5.41 Å². The highest BCUT2D eigenvalue weighted by Crippen LogP contribution is 2.36. The number of nitrogens with one attached hydrogen (secondary N) is 1. The molecule has 1 heterocycles. The molecule has 1 aromatic heterocycles. The van der Waals surface area contributed by atoms with Crippen LogP contribution in [-0.4, -0.2) is 42.9 Å². The van der Waals surface area contributed by atoms with Gasteiger partial charge in [-0.2, -0.15) is 4.98 Å². The summed E-state index contributed by atoms with van der Waals surface area (Å²) in [4.78, 5) is 15.9. The maximum absolute atomic E-state index is 11.6. The Bertz CT molecular complexity index is 535. The Morgan fingerprint density at radius 3 is 2.86 bits per heavy atom. The minimum Gasteiger partial charge on any atom is -0.480 e. The predicted molar refractivity (Wildman–Crippen MR) is 83.2 cm³/mol. The third-order valence-corrected chi connectivity index (χ3v) is 4.41. The monoisotopic (exact) mass is 308 g/mol. The molecular weight excluding hydrogens is 284 g/mol. The van der Waals surface area contributed by atoms with Gasteiger partial charge in [0.1, 0.15) is 11.4 Å². The first-order valence-corrected chi connectivity index (χ1v) is 7.55. The summed E-state index contributed by atoms with van der Waals surface area (Å²) in [6, 6.07) is 3.34. The van der Waals surface area contributed by atoms with Crippen molar-refractivity contribution in [1.82, 2.24) is 4.98 Å². The van der Waals surface area contributed by atoms with Crippen molar-refractivity contribution in [3.63, 3.8) is 0 Å². The number of pyridine rings is 1. The Balaban J connectivity index is 2.08. The number of aromatic nitrogens is 1. The fourth-order valence-electron chi connectivity index (χ4n) is 2.84. The number of hydrogen-bond donors (Lipinski definition) is 2. The largest absolute Gasteiger partial charge is 0.480 e. The Morgan fingerprint density at radius 2 is 2.23 bits per heavy atom. The zero-order chi connectivity index (χ0) is 16.2. The zero-order valence-corrected chi connectivity index (χ0v) is 13.4. The highest BCUT2D eigenvalue weighted by Gasteiger charge is 2.35. The summed E-state index contributed by atoms with van der Waals surface area (Å²) in [6.07, 6.45) is 3.74. The number of aliphatic hydroxyl groups is 1. The second kappa shape index (κ2) is 6.96. The minimum atomic E-state index is -0.481. The highest BCUT2D eigenvalue weighted by molar-refractivity contribution is 5.92. The number of esters is 1. The first-order chi connectivity index (χ1) is 10.5. The molecule has 2 atom stereocenters. The lowest BCUT2D eigenvalue weighted by molar-refractivity contribution is 0.00958. The van der Waals surface area contributed by atoms with Gasteiger partial charge in [0, 0.05) is 12.0 Å². The number of hydrogen-bond acceptors (Lipinski definition) is 6. The maximum Gasteiger partial charge on any atom is 0.343 e. The Hall–Kier alpha value is -1.82. The lowest BCUT2D eigenvalue weighted by Crippen LogP contribution is -2.41. The molecule has 0 saturated heterocycles. The van der Waals surface area contributed by atoms with Crippen LogP contribution in [0.3, 0.4) is 0 Å². The number of ether oxygens (including phenoxy) is 2. The van der Waals surface area contributed by atoms with E-state index in [0.717, 1.165) is 25.7 Å². The summed E-state index contributed by atoms with van der Waals surface area (Å²) >= 11 is 0. The quantitative estimate of drug-likeness (QED) is 0.812. The van der Waals surface area contributed by atoms with Gasteiger partial charge in [-0.1, -0.05) is 19.8 Å². The van der Waals surface area contributed by atoms with Crippen LogP contribution >= 0.6 is 0 Å². The lowest BCUT2D eigenvalue weighted by Gasteiger charge is -2.38. The lowest BCUT2D eigenvalue weighted by atomic mass is 9.73. The van der Waals surface area contributed by atoms with E-state index in [1.807, 2.05) is 0 Å². The van der Waals surface area contributed by atoms with Gasteiger partial charge < -0.3 is 19.9 Å². The molecule has 2 unspecified atom stereocenters. The molecule has 1 aliphatic rings. The SMILES string of the molecule is COC(=O)c1ccc(NCC2(C)CCCCC2O)nc1OC. The normalized spacial score (nSPS) is 24.6. The van der Waals surface area contributed by atoms with E-state index in [9.17, 15) is 9.90 Å². The number of aliphatic hydroxyl groups excluding tert-OH is 1. The molecule has 0 radical (unpaired) electrons. The van der Waals surface area contributed by atoms with Gasteiger partial charge in [-0.25, -0.2) is 4.79 Å². The molecule has 0 aliphatic heterocycles. The van der Waals surface area contributed by atoms with E-state index >= 15 is 0 Å². The Morgan fingerprint density at radius 1 is 1.45 bits per heavy atom. The van der Waals surface area contributed by atoms with Gasteiger partial charge in [0.2, 0.25) is 5.88 Å². The molecule has 0 aromatic carbocycles. The standard InChI is InChI=1S/C16H24N2O4/c1-16(9-5-4-6-12(16)19)10-17-13-8-7-11(15(20)22-3)14(18-13)21-2/h7-8,12,19H,4-6,9-10H2,1-3H3,(H,17,18). The van der Waals surface area contributed by atoms with Gasteiger partial charge in [0.25, 0.3) is 0 Å². The van der Waals surface area contributed by atoms with Crippen LogP contribution in [0.4, 0.5) is 5.82 Å². The van der Waals surface area contributed by atoms with Crippen molar-refractivity contribution in [2.45, 2.75) is 38.7 Å². The Kier molecular flexibility index (Phi) is 5.24. The molecule has 6 nitrogen and oxygen atoms in total. The number of carbonyl (C=O) groups excluding carboxylic acids is 1. The van der Waals surface area contributed by atoms with E-state index in [-0.39, 0.29) is 17.4 Å². The van der Waals surface area contributed by atoms with Gasteiger partial charge in [-0.15, -0.1) is 0 Å². The summed E-state index contributed by atoms with van der Waals surface area (Å²) in [6.45, 7) is 2.71. The summed E-state index contributed by atoms with van der Waals surface area (Å²) in [5, 5.41) is 13.5. The number of anilines is 1. The van der Waals surface area contributed by atoms with E-state index < -0.39 is 5.97 Å². The van der Waals surface area contributed by atoms with Crippen LogP contribution in [-0.2, 0) is 4.74 Å². The summed E-state index contributed by atoms with van der Waals surface area (Å²) in [5.74, 6) is 0.361. The van der Waals surface area contributed by atoms with Crippen LogP contribution in [0.2, 0.25) is 0 Å². The molecule has 1 fully saturated rings. The van der Waals surface area contributed by atoms with Crippen molar-refractivity contribution < 1.29 is 19.4 Å². The van der Waals surface area contributed by atoms with Crippen LogP contribution in [0.5, 0.6) is 5.88 Å². The van der Waals surface area contributed by atoms with E-state index in [1.165, 1.54) is 14.2 Å². The smallest absolute Gasteiger partial charge is 0.343 e. The molecule has 1 aromatic rings. The summed E-state index contributed by atoms with van der Waals surface area (Å²) in [7, 11) is 2.78. The van der Waals surface area contributed by atoms with Crippen LogP contribution in [0.25, 0.3) is 0 Å². The number of carbonyl (C=O) groups is 1. The van der Waals surface area contributed by atoms with Crippen LogP contribution in [0, 0.1) is 5.41 Å². The second-order valence-electron chi connectivity index (χ2n) is 6.01. The van der Waals surface area contributed by atoms with E-state index in [4.69, 9.17) is 9.47 Å². The van der Waals surface area contributed by atoms with Gasteiger partial charge in [0.15, 0.2) is 0 Å². The summed E-state index contributed by atoms with van der Waals surface area (Å²) < 4.78 is 9.84. The van der Waals surface area contributed by atoms with Gasteiger partial charge in [0.05, 0.1) is 20.3 Å². The summed E-state index contributed by atoms with van der Waals surface area (Å²) in [5.41, 5.74) is 0.133. The second-order valence-corrected chi connectivity index (χ2v) is 6.01. The van der Waals surface area contributed by atoms with Crippen molar-refractivity contribution in [3.8, 4) is 5.88 Å². The Labute approximate surface area is 130 Å². The van der Waals surface area contributed by atoms with E-state index in [1.54, 1.807) is 12.1 Å². The number of rotatable bonds is 5. The molecule has 6 heteroatoms. The van der Waals surface area contributed by atoms with Crippen molar-refractivity contribution in [3.05, 3.63) is 17.7 Å². The number of methoxy groups -OCH3 is 2. The average molecular weight is 308 g/mol.